The first-order valence-electron chi connectivity index (χ1n) is 12.7. The largest absolute Gasteiger partial charge is 0.508 e. The van der Waals surface area contributed by atoms with Crippen molar-refractivity contribution < 1.29 is 64.6 Å². The van der Waals surface area contributed by atoms with E-state index in [2.05, 4.69) is 0 Å². The van der Waals surface area contributed by atoms with E-state index in [-0.39, 0.29) is 33.8 Å². The summed E-state index contributed by atoms with van der Waals surface area (Å²) in [5.74, 6) is -0.218. The number of aliphatic hydroxyl groups excluding tert-OH is 8. The van der Waals surface area contributed by atoms with Gasteiger partial charge in [-0.3, -0.25) is 4.79 Å². The van der Waals surface area contributed by atoms with Gasteiger partial charge in [0.1, 0.15) is 77.8 Å². The summed E-state index contributed by atoms with van der Waals surface area (Å²) < 4.78 is 23.1. The summed E-state index contributed by atoms with van der Waals surface area (Å²) in [6, 6.07) is 9.49. The highest BCUT2D eigenvalue weighted by atomic mass is 16.7. The Labute approximate surface area is 231 Å². The summed E-state index contributed by atoms with van der Waals surface area (Å²) in [5.41, 5.74) is -0.498. The molecule has 2 aliphatic heterocycles. The summed E-state index contributed by atoms with van der Waals surface area (Å²) in [5, 5.41) is 91.6. The Kier molecular flexibility index (Phi) is 8.31. The maximum absolute atomic E-state index is 13.2. The van der Waals surface area contributed by atoms with E-state index in [1.807, 2.05) is 0 Å². The van der Waals surface area contributed by atoms with Crippen molar-refractivity contribution in [2.75, 3.05) is 13.2 Å². The van der Waals surface area contributed by atoms with E-state index < -0.39 is 79.9 Å². The molecule has 222 valence electrons. The predicted octanol–water partition coefficient (Wildman–Crippen LogP) is -2.14. The molecule has 3 heterocycles. The first-order valence-corrected chi connectivity index (χ1v) is 12.7. The van der Waals surface area contributed by atoms with Crippen LogP contribution in [-0.2, 0) is 9.47 Å². The Hall–Kier alpha value is -3.15. The average Bonchev–Trinajstić information content (AvgIpc) is 2.97. The van der Waals surface area contributed by atoms with E-state index in [0.29, 0.717) is 5.56 Å². The molecular weight excluding hydrogens is 548 g/mol. The molecule has 9 N–H and O–H groups in total. The number of aliphatic hydroxyl groups is 8. The second-order valence-corrected chi connectivity index (χ2v) is 9.94. The van der Waals surface area contributed by atoms with Gasteiger partial charge in [-0.25, -0.2) is 0 Å². The molecule has 2 aliphatic rings. The highest BCUT2D eigenvalue weighted by Gasteiger charge is 2.48. The van der Waals surface area contributed by atoms with Crippen molar-refractivity contribution in [1.82, 2.24) is 0 Å². The highest BCUT2D eigenvalue weighted by molar-refractivity contribution is 5.84. The van der Waals surface area contributed by atoms with Crippen molar-refractivity contribution in [2.45, 2.75) is 61.2 Å². The van der Waals surface area contributed by atoms with Crippen LogP contribution < -0.4 is 10.2 Å². The van der Waals surface area contributed by atoms with Crippen LogP contribution in [0.5, 0.6) is 11.5 Å². The van der Waals surface area contributed by atoms with Crippen LogP contribution in [0, 0.1) is 0 Å². The maximum Gasteiger partial charge on any atom is 0.229 e. The Morgan fingerprint density at radius 1 is 0.732 bits per heavy atom. The van der Waals surface area contributed by atoms with Crippen molar-refractivity contribution in [3.05, 3.63) is 58.3 Å². The van der Waals surface area contributed by atoms with Gasteiger partial charge < -0.3 is 64.6 Å². The molecule has 0 saturated carbocycles. The molecule has 14 nitrogen and oxygen atoms in total. The van der Waals surface area contributed by atoms with Crippen LogP contribution in [-0.4, -0.2) is 114 Å². The number of ether oxygens (including phenoxy) is 3. The van der Waals surface area contributed by atoms with E-state index in [9.17, 15) is 50.8 Å². The van der Waals surface area contributed by atoms with Gasteiger partial charge in [-0.05, 0) is 36.4 Å². The third-order valence-corrected chi connectivity index (χ3v) is 7.32. The fourth-order valence-corrected chi connectivity index (χ4v) is 4.99. The van der Waals surface area contributed by atoms with E-state index in [0.717, 1.165) is 0 Å². The van der Waals surface area contributed by atoms with Gasteiger partial charge in [0.15, 0.2) is 5.43 Å². The summed E-state index contributed by atoms with van der Waals surface area (Å²) >= 11 is 0. The highest BCUT2D eigenvalue weighted by Crippen LogP contribution is 2.42. The molecule has 2 fully saturated rings. The SMILES string of the molecule is O=c1cc(-c2ccc(O)cc2)oc2c(C3OC(CO)C(O)C(O)C3O)c(OC3OC(CO)C(O)C(O)C3O)ccc12. The smallest absolute Gasteiger partial charge is 0.229 e. The fraction of sp³-hybridized carbons (Fsp3) is 0.444. The second-order valence-electron chi connectivity index (χ2n) is 9.94. The van der Waals surface area contributed by atoms with E-state index >= 15 is 0 Å². The maximum atomic E-state index is 13.2. The summed E-state index contributed by atoms with van der Waals surface area (Å²) in [6.45, 7) is -1.48. The molecule has 0 radical (unpaired) electrons. The van der Waals surface area contributed by atoms with Gasteiger partial charge in [-0.1, -0.05) is 0 Å². The van der Waals surface area contributed by atoms with Crippen molar-refractivity contribution in [3.8, 4) is 22.8 Å². The predicted molar refractivity (Wildman–Crippen MR) is 137 cm³/mol. The van der Waals surface area contributed by atoms with Crippen LogP contribution in [0.15, 0.2) is 51.7 Å². The van der Waals surface area contributed by atoms with Gasteiger partial charge in [-0.15, -0.1) is 0 Å². The quantitative estimate of drug-likeness (QED) is 0.152. The number of phenolic OH excluding ortho intramolecular Hbond substituents is 1. The summed E-state index contributed by atoms with van der Waals surface area (Å²) in [6.07, 6.45) is -16.5. The van der Waals surface area contributed by atoms with Crippen molar-refractivity contribution in [2.24, 2.45) is 0 Å². The Balaban J connectivity index is 1.69. The molecule has 0 aliphatic carbocycles. The van der Waals surface area contributed by atoms with Crippen molar-refractivity contribution in [1.29, 1.82) is 0 Å². The molecule has 3 aromatic rings. The number of benzene rings is 2. The van der Waals surface area contributed by atoms with Crippen LogP contribution in [0.3, 0.4) is 0 Å². The molecule has 0 amide bonds. The van der Waals surface area contributed by atoms with Gasteiger partial charge in [0.05, 0.1) is 24.2 Å². The lowest BCUT2D eigenvalue weighted by Gasteiger charge is -2.42. The van der Waals surface area contributed by atoms with Gasteiger partial charge >= 0.3 is 0 Å². The first kappa shape index (κ1) is 29.3. The van der Waals surface area contributed by atoms with Crippen LogP contribution in [0.2, 0.25) is 0 Å². The van der Waals surface area contributed by atoms with Crippen LogP contribution in [0.1, 0.15) is 11.7 Å². The number of hydrogen-bond donors (Lipinski definition) is 9. The van der Waals surface area contributed by atoms with Crippen LogP contribution in [0.4, 0.5) is 0 Å². The van der Waals surface area contributed by atoms with Crippen molar-refractivity contribution in [3.63, 3.8) is 0 Å². The molecule has 14 heteroatoms. The number of hydrogen-bond acceptors (Lipinski definition) is 14. The first-order chi connectivity index (χ1) is 19.5. The number of phenols is 1. The average molecular weight is 579 g/mol. The topological polar surface area (TPSA) is 240 Å². The molecule has 1 aromatic heterocycles. The van der Waals surface area contributed by atoms with Crippen LogP contribution in [0.25, 0.3) is 22.3 Å². The van der Waals surface area contributed by atoms with Gasteiger partial charge in [-0.2, -0.15) is 0 Å². The third-order valence-electron chi connectivity index (χ3n) is 7.32. The third kappa shape index (κ3) is 5.30. The summed E-state index contributed by atoms with van der Waals surface area (Å²) in [7, 11) is 0. The minimum Gasteiger partial charge on any atom is -0.508 e. The molecule has 2 aromatic carbocycles. The molecule has 10 atom stereocenters. The van der Waals surface area contributed by atoms with E-state index in [1.54, 1.807) is 0 Å². The zero-order valence-electron chi connectivity index (χ0n) is 21.3. The van der Waals surface area contributed by atoms with Gasteiger partial charge in [0.2, 0.25) is 6.29 Å². The standard InChI is InChI=1S/C27H30O14/c28-8-16-19(32)21(34)23(36)26(39-16)18-14(40-27-24(37)22(35)20(33)17(9-29)41-27)6-5-12-13(31)7-15(38-25(12)18)10-1-3-11(30)4-2-10/h1-7,16-17,19-24,26-30,32-37H,8-9H2. The molecule has 2 saturated heterocycles. The number of aromatic hydroxyl groups is 1. The molecule has 0 spiro atoms. The lowest BCUT2D eigenvalue weighted by Crippen LogP contribution is -2.60. The van der Waals surface area contributed by atoms with E-state index in [1.165, 1.54) is 42.5 Å². The monoisotopic (exact) mass is 578 g/mol. The minimum absolute atomic E-state index is 0.0133. The van der Waals surface area contributed by atoms with Gasteiger partial charge in [0, 0.05) is 11.6 Å². The van der Waals surface area contributed by atoms with Gasteiger partial charge in [0.25, 0.3) is 0 Å². The molecular formula is C27H30O14. The second kappa shape index (κ2) is 11.6. The van der Waals surface area contributed by atoms with Crippen molar-refractivity contribution >= 4 is 11.0 Å². The fourth-order valence-electron chi connectivity index (χ4n) is 4.99. The van der Waals surface area contributed by atoms with Crippen LogP contribution >= 0.6 is 0 Å². The molecule has 41 heavy (non-hydrogen) atoms. The Morgan fingerprint density at radius 2 is 1.34 bits per heavy atom. The molecule has 10 unspecified atom stereocenters. The Morgan fingerprint density at radius 3 is 1.98 bits per heavy atom. The Bertz CT molecular complexity index is 1420. The molecule has 0 bridgehead atoms. The number of rotatable bonds is 6. The minimum atomic E-state index is -1.84. The number of fused-ring (bicyclic) bond motifs is 1. The summed E-state index contributed by atoms with van der Waals surface area (Å²) in [4.78, 5) is 13.2. The lowest BCUT2D eigenvalue weighted by atomic mass is 9.90. The normalized spacial score (nSPS) is 34.0. The van der Waals surface area contributed by atoms with E-state index in [4.69, 9.17) is 18.6 Å². The zero-order chi connectivity index (χ0) is 29.6. The lowest BCUT2D eigenvalue weighted by molar-refractivity contribution is -0.278. The molecule has 5 rings (SSSR count). The zero-order valence-corrected chi connectivity index (χ0v) is 21.3.